The monoisotopic (exact) mass is 609 g/mol. The molecule has 0 aliphatic heterocycles. The molecule has 1 aromatic heterocycles. The Morgan fingerprint density at radius 3 is 2.19 bits per heavy atom. The van der Waals surface area contributed by atoms with Crippen LogP contribution in [0.2, 0.25) is 0 Å². The van der Waals surface area contributed by atoms with Gasteiger partial charge in [0.15, 0.2) is 5.78 Å². The molecule has 0 amide bonds. The molecule has 1 aromatic carbocycles. The fourth-order valence-corrected chi connectivity index (χ4v) is 2.03. The molecule has 1 radical (unpaired) electrons. The molecule has 2 rings (SSSR count). The number of carbonyl (C=O) groups excluding carboxylic acids is 1. The Bertz CT molecular complexity index is 760. The Kier molecular flexibility index (Phi) is 10.4. The number of aliphatic hydroxyl groups excluding tert-OH is 1. The van der Waals surface area contributed by atoms with Gasteiger partial charge in [-0.2, -0.15) is 0 Å². The van der Waals surface area contributed by atoms with Gasteiger partial charge in [-0.15, -0.1) is 29.8 Å². The quantitative estimate of drug-likeness (QED) is 0.244. The second kappa shape index (κ2) is 10.9. The Hall–Kier alpha value is -1.29. The first kappa shape index (κ1) is 25.7. The average Bonchev–Trinajstić information content (AvgIpc) is 2.54. The topological polar surface area (TPSA) is 50.2 Å². The van der Waals surface area contributed by atoms with E-state index in [4.69, 9.17) is 0 Å². The molecule has 0 saturated heterocycles. The molecule has 27 heavy (non-hydrogen) atoms. The van der Waals surface area contributed by atoms with Crippen molar-refractivity contribution in [2.24, 2.45) is 10.8 Å². The number of allylic oxidation sites excluding steroid dienone is 2. The standard InChI is InChI=1S/C11H7BrN.C11H20O2.Ir/c12-10-5-3-4-9(8-10)11-6-1-2-7-13-11;1-10(2,3)8(12)7-9(13)11(4,5)6;/h1-3,5-8H;7,12H,1-6H3;/q-1;;. The first-order chi connectivity index (χ1) is 11.9. The Labute approximate surface area is 184 Å². The van der Waals surface area contributed by atoms with Crippen LogP contribution in [0, 0.1) is 16.9 Å². The first-order valence-electron chi connectivity index (χ1n) is 8.45. The van der Waals surface area contributed by atoms with E-state index in [-0.39, 0.29) is 37.1 Å². The van der Waals surface area contributed by atoms with E-state index < -0.39 is 5.41 Å². The third-order valence-corrected chi connectivity index (χ3v) is 3.97. The fourth-order valence-electron chi connectivity index (χ4n) is 1.67. The van der Waals surface area contributed by atoms with E-state index >= 15 is 0 Å². The normalized spacial score (nSPS) is 11.7. The molecule has 0 fully saturated rings. The van der Waals surface area contributed by atoms with Gasteiger partial charge in [0.25, 0.3) is 0 Å². The molecule has 2 aromatic rings. The van der Waals surface area contributed by atoms with Crippen molar-refractivity contribution in [3.05, 3.63) is 65.0 Å². The maximum Gasteiger partial charge on any atom is 0.164 e. The van der Waals surface area contributed by atoms with E-state index in [0.717, 1.165) is 15.7 Å². The van der Waals surface area contributed by atoms with Gasteiger partial charge in [0, 0.05) is 43.2 Å². The van der Waals surface area contributed by atoms with Crippen LogP contribution in [0.15, 0.2) is 58.9 Å². The van der Waals surface area contributed by atoms with E-state index in [2.05, 4.69) is 27.0 Å². The second-order valence-corrected chi connectivity index (χ2v) is 8.95. The van der Waals surface area contributed by atoms with Crippen molar-refractivity contribution < 1.29 is 30.0 Å². The van der Waals surface area contributed by atoms with Gasteiger partial charge in [-0.3, -0.25) is 4.79 Å². The molecular formula is C22H27BrIrNO2-. The number of halogens is 1. The Morgan fingerprint density at radius 2 is 1.74 bits per heavy atom. The summed E-state index contributed by atoms with van der Waals surface area (Å²) in [5.41, 5.74) is 1.19. The van der Waals surface area contributed by atoms with E-state index in [1.54, 1.807) is 6.20 Å². The third kappa shape index (κ3) is 9.46. The zero-order valence-corrected chi connectivity index (χ0v) is 20.6. The summed E-state index contributed by atoms with van der Waals surface area (Å²) in [6, 6.07) is 14.8. The summed E-state index contributed by atoms with van der Waals surface area (Å²) in [7, 11) is 0. The van der Waals surface area contributed by atoms with Crippen LogP contribution in [-0.4, -0.2) is 15.9 Å². The smallest absolute Gasteiger partial charge is 0.164 e. The minimum Gasteiger partial charge on any atom is -0.512 e. The zero-order valence-electron chi connectivity index (χ0n) is 16.6. The number of rotatable bonds is 2. The summed E-state index contributed by atoms with van der Waals surface area (Å²) in [4.78, 5) is 15.7. The number of benzene rings is 1. The van der Waals surface area contributed by atoms with Crippen molar-refractivity contribution in [3.63, 3.8) is 0 Å². The summed E-state index contributed by atoms with van der Waals surface area (Å²) >= 11 is 3.41. The number of carbonyl (C=O) groups is 1. The molecule has 0 atom stereocenters. The largest absolute Gasteiger partial charge is 0.512 e. The summed E-state index contributed by atoms with van der Waals surface area (Å²) in [6.45, 7) is 11.1. The van der Waals surface area contributed by atoms with Crippen LogP contribution in [0.25, 0.3) is 11.3 Å². The zero-order chi connectivity index (χ0) is 20.0. The van der Waals surface area contributed by atoms with Gasteiger partial charge in [-0.1, -0.05) is 74.1 Å². The van der Waals surface area contributed by atoms with Crippen LogP contribution in [0.5, 0.6) is 0 Å². The molecule has 0 aliphatic carbocycles. The molecule has 3 nitrogen and oxygen atoms in total. The van der Waals surface area contributed by atoms with Gasteiger partial charge in [0.05, 0.1) is 0 Å². The first-order valence-corrected chi connectivity index (χ1v) is 9.25. The second-order valence-electron chi connectivity index (χ2n) is 8.03. The van der Waals surface area contributed by atoms with E-state index in [1.165, 1.54) is 6.08 Å². The van der Waals surface area contributed by atoms with E-state index in [0.29, 0.717) is 0 Å². The number of ketones is 1. The number of hydrogen-bond donors (Lipinski definition) is 1. The number of aromatic nitrogens is 1. The Balaban J connectivity index is 0.000000483. The van der Waals surface area contributed by atoms with Crippen LogP contribution in [0.1, 0.15) is 41.5 Å². The number of aliphatic hydroxyl groups is 1. The molecule has 1 N–H and O–H groups in total. The molecule has 0 aliphatic rings. The van der Waals surface area contributed by atoms with Gasteiger partial charge < -0.3 is 10.1 Å². The molecule has 0 saturated carbocycles. The maximum atomic E-state index is 11.5. The molecule has 149 valence electrons. The van der Waals surface area contributed by atoms with Crippen LogP contribution in [0.4, 0.5) is 0 Å². The predicted molar refractivity (Wildman–Crippen MR) is 111 cm³/mol. The molecule has 0 spiro atoms. The predicted octanol–water partition coefficient (Wildman–Crippen LogP) is 6.40. The minimum atomic E-state index is -0.417. The molecule has 1 heterocycles. The SMILES string of the molecule is Brc1cc[c-]c(-c2ccccn2)c1.CC(C)(C)C(=O)C=C(O)C(C)(C)C.[Ir]. The van der Waals surface area contributed by atoms with Gasteiger partial charge in [0.1, 0.15) is 5.76 Å². The maximum absolute atomic E-state index is 11.5. The third-order valence-electron chi connectivity index (χ3n) is 3.48. The Morgan fingerprint density at radius 1 is 1.11 bits per heavy atom. The van der Waals surface area contributed by atoms with Crippen molar-refractivity contribution in [2.75, 3.05) is 0 Å². The molecule has 0 bridgehead atoms. The summed E-state index contributed by atoms with van der Waals surface area (Å²) < 4.78 is 1.05. The van der Waals surface area contributed by atoms with Crippen molar-refractivity contribution >= 4 is 21.7 Å². The van der Waals surface area contributed by atoms with Crippen molar-refractivity contribution in [2.45, 2.75) is 41.5 Å². The van der Waals surface area contributed by atoms with Gasteiger partial charge in [-0.05, 0) is 11.8 Å². The number of hydrogen-bond acceptors (Lipinski definition) is 3. The van der Waals surface area contributed by atoms with Crippen LogP contribution >= 0.6 is 15.9 Å². The average molecular weight is 610 g/mol. The summed E-state index contributed by atoms with van der Waals surface area (Å²) in [5.74, 6) is 0.104. The van der Waals surface area contributed by atoms with Crippen molar-refractivity contribution in [1.82, 2.24) is 4.98 Å². The van der Waals surface area contributed by atoms with Gasteiger partial charge >= 0.3 is 0 Å². The molecule has 0 unspecified atom stereocenters. The van der Waals surface area contributed by atoms with Crippen LogP contribution in [0.3, 0.4) is 0 Å². The van der Waals surface area contributed by atoms with Crippen LogP contribution < -0.4 is 0 Å². The van der Waals surface area contributed by atoms with Crippen molar-refractivity contribution in [3.8, 4) is 11.3 Å². The summed E-state index contributed by atoms with van der Waals surface area (Å²) in [5, 5.41) is 9.56. The van der Waals surface area contributed by atoms with Crippen molar-refractivity contribution in [1.29, 1.82) is 0 Å². The molecule has 5 heteroatoms. The summed E-state index contributed by atoms with van der Waals surface area (Å²) in [6.07, 6.45) is 3.12. The molecular weight excluding hydrogens is 582 g/mol. The number of pyridine rings is 1. The van der Waals surface area contributed by atoms with E-state index in [1.807, 2.05) is 77.9 Å². The fraction of sp³-hybridized carbons (Fsp3) is 0.364. The van der Waals surface area contributed by atoms with Gasteiger partial charge in [0.2, 0.25) is 0 Å². The minimum absolute atomic E-state index is 0. The van der Waals surface area contributed by atoms with Crippen LogP contribution in [-0.2, 0) is 24.9 Å². The van der Waals surface area contributed by atoms with E-state index in [9.17, 15) is 9.90 Å². The number of nitrogens with zero attached hydrogens (tertiary/aromatic N) is 1. The van der Waals surface area contributed by atoms with Gasteiger partial charge in [-0.25, -0.2) is 0 Å².